The normalized spacial score (nSPS) is 11.1. The van der Waals surface area contributed by atoms with E-state index in [1.807, 2.05) is 26.0 Å². The van der Waals surface area contributed by atoms with Crippen LogP contribution in [0.2, 0.25) is 0 Å². The van der Waals surface area contributed by atoms with Crippen molar-refractivity contribution in [3.05, 3.63) is 60.0 Å². The van der Waals surface area contributed by atoms with Crippen LogP contribution in [-0.4, -0.2) is 61.2 Å². The van der Waals surface area contributed by atoms with Crippen LogP contribution >= 0.6 is 0 Å². The molecule has 0 saturated heterocycles. The first-order chi connectivity index (χ1) is 16.1. The molecule has 0 aliphatic carbocycles. The first kappa shape index (κ1) is 24.9. The van der Waals surface area contributed by atoms with Crippen molar-refractivity contribution in [3.8, 4) is 17.1 Å². The molecular weight excluding hydrogens is 460 g/mol. The van der Waals surface area contributed by atoms with Crippen molar-refractivity contribution in [1.82, 2.24) is 15.0 Å². The summed E-state index contributed by atoms with van der Waals surface area (Å²) in [7, 11) is -2.54. The van der Waals surface area contributed by atoms with Crippen molar-refractivity contribution in [3.63, 3.8) is 0 Å². The average Bonchev–Trinajstić information content (AvgIpc) is 3.23. The topological polar surface area (TPSA) is 132 Å². The summed E-state index contributed by atoms with van der Waals surface area (Å²) >= 11 is 0. The molecule has 0 radical (unpaired) electrons. The minimum atomic E-state index is -3.90. The smallest absolute Gasteiger partial charge is 0.243 e. The van der Waals surface area contributed by atoms with Gasteiger partial charge in [0.25, 0.3) is 0 Å². The van der Waals surface area contributed by atoms with Crippen LogP contribution in [0.1, 0.15) is 18.4 Å². The molecule has 2 amide bonds. The van der Waals surface area contributed by atoms with E-state index in [1.165, 1.54) is 7.05 Å². The summed E-state index contributed by atoms with van der Waals surface area (Å²) in [5.41, 5.74) is 2.26. The molecule has 11 heteroatoms. The summed E-state index contributed by atoms with van der Waals surface area (Å²) in [4.78, 5) is 29.7. The molecule has 34 heavy (non-hydrogen) atoms. The maximum Gasteiger partial charge on any atom is 0.243 e. The highest BCUT2D eigenvalue weighted by Crippen LogP contribution is 2.20. The first-order valence-electron chi connectivity index (χ1n) is 10.5. The highest BCUT2D eigenvalue weighted by Gasteiger charge is 2.24. The predicted octanol–water partition coefficient (Wildman–Crippen LogP) is 2.46. The van der Waals surface area contributed by atoms with E-state index in [-0.39, 0.29) is 18.3 Å². The molecular formula is C23H26N4O6S. The molecule has 1 N–H and O–H groups in total. The SMILES string of the molecule is CCOc1ccc(-c2noc(CS(=O)(=O)CC(=O)N(C)CC(=O)Nc3ccc(C)cc3)n2)cc1. The van der Waals surface area contributed by atoms with Gasteiger partial charge < -0.3 is 19.5 Å². The van der Waals surface area contributed by atoms with Gasteiger partial charge in [-0.2, -0.15) is 4.98 Å². The molecule has 0 saturated carbocycles. The van der Waals surface area contributed by atoms with Crippen LogP contribution in [-0.2, 0) is 25.2 Å². The molecule has 2 aromatic carbocycles. The molecule has 10 nitrogen and oxygen atoms in total. The number of ether oxygens (including phenoxy) is 1. The fraction of sp³-hybridized carbons (Fsp3) is 0.304. The minimum Gasteiger partial charge on any atom is -0.494 e. The number of carbonyl (C=O) groups is 2. The molecule has 0 fully saturated rings. The average molecular weight is 487 g/mol. The maximum atomic E-state index is 12.5. The highest BCUT2D eigenvalue weighted by atomic mass is 32.2. The third-order valence-corrected chi connectivity index (χ3v) is 6.09. The lowest BCUT2D eigenvalue weighted by atomic mass is 10.2. The number of aromatic nitrogens is 2. The Morgan fingerprint density at radius 2 is 1.76 bits per heavy atom. The molecule has 0 aliphatic rings. The number of hydrogen-bond donors (Lipinski definition) is 1. The van der Waals surface area contributed by atoms with Gasteiger partial charge in [0.15, 0.2) is 9.84 Å². The number of nitrogens with zero attached hydrogens (tertiary/aromatic N) is 3. The molecule has 0 bridgehead atoms. The molecule has 1 heterocycles. The zero-order valence-electron chi connectivity index (χ0n) is 19.1. The van der Waals surface area contributed by atoms with Gasteiger partial charge in [0.2, 0.25) is 23.5 Å². The van der Waals surface area contributed by atoms with E-state index in [4.69, 9.17) is 9.26 Å². The Bertz CT molecular complexity index is 1240. The summed E-state index contributed by atoms with van der Waals surface area (Å²) in [5.74, 6) is -1.75. The second kappa shape index (κ2) is 10.9. The number of aryl methyl sites for hydroxylation is 1. The Kier molecular flexibility index (Phi) is 8.00. The lowest BCUT2D eigenvalue weighted by molar-refractivity contribution is -0.131. The monoisotopic (exact) mass is 486 g/mol. The standard InChI is InChI=1S/C23H26N4O6S/c1-4-32-19-11-7-17(8-12-19)23-25-21(33-26-23)14-34(30,31)15-22(29)27(3)13-20(28)24-18-9-5-16(2)6-10-18/h5-12H,4,13-15H2,1-3H3,(H,24,28). The molecule has 180 valence electrons. The summed E-state index contributed by atoms with van der Waals surface area (Å²) in [6, 6.07) is 14.1. The van der Waals surface area contributed by atoms with Gasteiger partial charge in [-0.25, -0.2) is 8.42 Å². The predicted molar refractivity (Wildman–Crippen MR) is 126 cm³/mol. The Balaban J connectivity index is 1.54. The van der Waals surface area contributed by atoms with Gasteiger partial charge >= 0.3 is 0 Å². The van der Waals surface area contributed by atoms with E-state index in [9.17, 15) is 18.0 Å². The summed E-state index contributed by atoms with van der Waals surface area (Å²) in [6.07, 6.45) is 0. The third kappa shape index (κ3) is 7.14. The van der Waals surface area contributed by atoms with Gasteiger partial charge in [0.05, 0.1) is 13.2 Å². The molecule has 0 spiro atoms. The van der Waals surface area contributed by atoms with Gasteiger partial charge in [0, 0.05) is 18.3 Å². The molecule has 3 rings (SSSR count). The Hall–Kier alpha value is -3.73. The summed E-state index contributed by atoms with van der Waals surface area (Å²) in [5, 5.41) is 6.47. The number of nitrogens with one attached hydrogen (secondary N) is 1. The van der Waals surface area contributed by atoms with Crippen LogP contribution in [0.25, 0.3) is 11.4 Å². The van der Waals surface area contributed by atoms with Crippen LogP contribution in [0.4, 0.5) is 5.69 Å². The maximum absolute atomic E-state index is 12.5. The zero-order valence-corrected chi connectivity index (χ0v) is 20.0. The first-order valence-corrected chi connectivity index (χ1v) is 12.3. The fourth-order valence-corrected chi connectivity index (χ4v) is 4.17. The summed E-state index contributed by atoms with van der Waals surface area (Å²) in [6.45, 7) is 4.05. The van der Waals surface area contributed by atoms with Gasteiger partial charge in [0.1, 0.15) is 17.3 Å². The highest BCUT2D eigenvalue weighted by molar-refractivity contribution is 7.91. The van der Waals surface area contributed by atoms with Gasteiger partial charge in [-0.05, 0) is 50.2 Å². The third-order valence-electron chi connectivity index (χ3n) is 4.72. The second-order valence-electron chi connectivity index (χ2n) is 7.67. The quantitative estimate of drug-likeness (QED) is 0.462. The number of hydrogen-bond acceptors (Lipinski definition) is 8. The van der Waals surface area contributed by atoms with Crippen LogP contribution in [0.5, 0.6) is 5.75 Å². The van der Waals surface area contributed by atoms with Crippen molar-refractivity contribution in [2.45, 2.75) is 19.6 Å². The Morgan fingerprint density at radius 1 is 1.09 bits per heavy atom. The van der Waals surface area contributed by atoms with Crippen LogP contribution in [0.3, 0.4) is 0 Å². The van der Waals surface area contributed by atoms with E-state index < -0.39 is 33.2 Å². The van der Waals surface area contributed by atoms with Gasteiger partial charge in [-0.1, -0.05) is 22.9 Å². The Labute approximate surface area is 197 Å². The molecule has 0 unspecified atom stereocenters. The Morgan fingerprint density at radius 3 is 2.41 bits per heavy atom. The molecule has 1 aromatic heterocycles. The number of benzene rings is 2. The number of likely N-dealkylation sites (N-methyl/N-ethyl adjacent to an activating group) is 1. The van der Waals surface area contributed by atoms with E-state index in [2.05, 4.69) is 15.5 Å². The zero-order chi connectivity index (χ0) is 24.7. The van der Waals surface area contributed by atoms with Crippen molar-refractivity contribution in [1.29, 1.82) is 0 Å². The van der Waals surface area contributed by atoms with Crippen molar-refractivity contribution < 1.29 is 27.3 Å². The van der Waals surface area contributed by atoms with Gasteiger partial charge in [-0.3, -0.25) is 9.59 Å². The van der Waals surface area contributed by atoms with E-state index in [0.29, 0.717) is 23.6 Å². The number of amides is 2. The van der Waals surface area contributed by atoms with E-state index in [0.717, 1.165) is 10.5 Å². The number of rotatable bonds is 10. The second-order valence-corrected chi connectivity index (χ2v) is 9.73. The van der Waals surface area contributed by atoms with Crippen molar-refractivity contribution in [2.24, 2.45) is 0 Å². The minimum absolute atomic E-state index is 0.128. The number of sulfone groups is 1. The summed E-state index contributed by atoms with van der Waals surface area (Å²) < 4.78 is 35.4. The fourth-order valence-electron chi connectivity index (χ4n) is 2.98. The van der Waals surface area contributed by atoms with E-state index in [1.54, 1.807) is 36.4 Å². The molecule has 0 aliphatic heterocycles. The lowest BCUT2D eigenvalue weighted by Crippen LogP contribution is -2.38. The van der Waals surface area contributed by atoms with Crippen LogP contribution in [0.15, 0.2) is 53.1 Å². The number of carbonyl (C=O) groups excluding carboxylic acids is 2. The largest absolute Gasteiger partial charge is 0.494 e. The van der Waals surface area contributed by atoms with E-state index >= 15 is 0 Å². The van der Waals surface area contributed by atoms with Gasteiger partial charge in [-0.15, -0.1) is 0 Å². The van der Waals surface area contributed by atoms with Crippen molar-refractivity contribution >= 4 is 27.3 Å². The van der Waals surface area contributed by atoms with Crippen LogP contribution in [0, 0.1) is 6.92 Å². The molecule has 3 aromatic rings. The van der Waals surface area contributed by atoms with Crippen LogP contribution < -0.4 is 10.1 Å². The van der Waals surface area contributed by atoms with Crippen molar-refractivity contribution in [2.75, 3.05) is 31.3 Å². The number of anilines is 1. The molecule has 0 atom stereocenters. The lowest BCUT2D eigenvalue weighted by Gasteiger charge is -2.16.